The van der Waals surface area contributed by atoms with Crippen LogP contribution in [0, 0.1) is 25.2 Å². The SMILES string of the molecule is Cc1ccc(CNc2cc(C#N)ncn2)c(C)c1. The average molecular weight is 238 g/mol. The molecule has 18 heavy (non-hydrogen) atoms. The zero-order valence-electron chi connectivity index (χ0n) is 10.4. The van der Waals surface area contributed by atoms with Gasteiger partial charge in [-0.2, -0.15) is 5.26 Å². The number of nitriles is 1. The number of aryl methyl sites for hydroxylation is 2. The molecule has 0 radical (unpaired) electrons. The van der Waals surface area contributed by atoms with Gasteiger partial charge in [0.2, 0.25) is 0 Å². The first-order valence-corrected chi connectivity index (χ1v) is 5.71. The van der Waals surface area contributed by atoms with E-state index in [0.717, 1.165) is 0 Å². The number of aromatic nitrogens is 2. The Bertz CT molecular complexity index is 599. The van der Waals surface area contributed by atoms with Crippen molar-refractivity contribution in [2.45, 2.75) is 20.4 Å². The summed E-state index contributed by atoms with van der Waals surface area (Å²) in [6.45, 7) is 4.85. The Labute approximate surface area is 106 Å². The van der Waals surface area contributed by atoms with E-state index in [9.17, 15) is 0 Å². The fraction of sp³-hybridized carbons (Fsp3) is 0.214. The van der Waals surface area contributed by atoms with E-state index >= 15 is 0 Å². The van der Waals surface area contributed by atoms with Gasteiger partial charge in [-0.05, 0) is 25.0 Å². The molecule has 1 N–H and O–H groups in total. The molecule has 0 unspecified atom stereocenters. The van der Waals surface area contributed by atoms with Gasteiger partial charge >= 0.3 is 0 Å². The second kappa shape index (κ2) is 5.28. The predicted octanol–water partition coefficient (Wildman–Crippen LogP) is 2.58. The van der Waals surface area contributed by atoms with Crippen LogP contribution in [0.1, 0.15) is 22.4 Å². The molecule has 1 heterocycles. The third-order valence-corrected chi connectivity index (χ3v) is 2.74. The molecule has 2 aromatic rings. The maximum absolute atomic E-state index is 8.75. The first-order chi connectivity index (χ1) is 8.69. The lowest BCUT2D eigenvalue weighted by atomic mass is 10.1. The second-order valence-electron chi connectivity index (χ2n) is 4.18. The molecule has 0 fully saturated rings. The summed E-state index contributed by atoms with van der Waals surface area (Å²) in [5.74, 6) is 0.668. The molecule has 0 aliphatic rings. The van der Waals surface area contributed by atoms with Crippen molar-refractivity contribution in [1.82, 2.24) is 9.97 Å². The van der Waals surface area contributed by atoms with Crippen molar-refractivity contribution in [3.8, 4) is 6.07 Å². The van der Waals surface area contributed by atoms with Gasteiger partial charge < -0.3 is 5.32 Å². The Hall–Kier alpha value is -2.41. The molecular formula is C14H14N4. The molecule has 4 heteroatoms. The van der Waals surface area contributed by atoms with E-state index in [-0.39, 0.29) is 0 Å². The molecule has 0 saturated heterocycles. The van der Waals surface area contributed by atoms with Crippen LogP contribution in [0.15, 0.2) is 30.6 Å². The highest BCUT2D eigenvalue weighted by molar-refractivity contribution is 5.40. The van der Waals surface area contributed by atoms with Crippen molar-refractivity contribution < 1.29 is 0 Å². The van der Waals surface area contributed by atoms with Crippen LogP contribution in [-0.4, -0.2) is 9.97 Å². The molecule has 0 spiro atoms. The molecule has 0 saturated carbocycles. The van der Waals surface area contributed by atoms with Gasteiger partial charge in [-0.25, -0.2) is 9.97 Å². The minimum atomic E-state index is 0.369. The Morgan fingerprint density at radius 1 is 1.22 bits per heavy atom. The maximum atomic E-state index is 8.75. The lowest BCUT2D eigenvalue weighted by molar-refractivity contribution is 1.06. The molecule has 1 aromatic carbocycles. The van der Waals surface area contributed by atoms with Gasteiger partial charge in [-0.1, -0.05) is 23.8 Å². The van der Waals surface area contributed by atoms with E-state index < -0.39 is 0 Å². The zero-order chi connectivity index (χ0) is 13.0. The number of anilines is 1. The summed E-state index contributed by atoms with van der Waals surface area (Å²) >= 11 is 0. The monoisotopic (exact) mass is 238 g/mol. The molecule has 0 amide bonds. The number of benzene rings is 1. The van der Waals surface area contributed by atoms with E-state index in [4.69, 9.17) is 5.26 Å². The van der Waals surface area contributed by atoms with Gasteiger partial charge in [0.25, 0.3) is 0 Å². The predicted molar refractivity (Wildman–Crippen MR) is 70.0 cm³/mol. The van der Waals surface area contributed by atoms with Crippen LogP contribution in [0.5, 0.6) is 0 Å². The van der Waals surface area contributed by atoms with Crippen LogP contribution in [0.2, 0.25) is 0 Å². The van der Waals surface area contributed by atoms with Crippen LogP contribution < -0.4 is 5.32 Å². The quantitative estimate of drug-likeness (QED) is 0.892. The highest BCUT2D eigenvalue weighted by Gasteiger charge is 2.00. The Morgan fingerprint density at radius 3 is 2.78 bits per heavy atom. The fourth-order valence-corrected chi connectivity index (χ4v) is 1.75. The number of rotatable bonds is 3. The van der Waals surface area contributed by atoms with E-state index in [0.29, 0.717) is 18.1 Å². The van der Waals surface area contributed by atoms with Gasteiger partial charge in [0.05, 0.1) is 0 Å². The molecule has 0 aliphatic carbocycles. The lowest BCUT2D eigenvalue weighted by Gasteiger charge is -2.09. The van der Waals surface area contributed by atoms with Gasteiger partial charge in [-0.15, -0.1) is 0 Å². The van der Waals surface area contributed by atoms with Gasteiger partial charge in [0.1, 0.15) is 23.9 Å². The average Bonchev–Trinajstić information content (AvgIpc) is 2.38. The Balaban J connectivity index is 2.09. The van der Waals surface area contributed by atoms with Crippen LogP contribution in [-0.2, 0) is 6.54 Å². The fourth-order valence-electron chi connectivity index (χ4n) is 1.75. The van der Waals surface area contributed by atoms with E-state index in [1.54, 1.807) is 6.07 Å². The first kappa shape index (κ1) is 12.1. The van der Waals surface area contributed by atoms with Crippen molar-refractivity contribution in [3.63, 3.8) is 0 Å². The van der Waals surface area contributed by atoms with E-state index in [1.807, 2.05) is 6.07 Å². The van der Waals surface area contributed by atoms with Crippen LogP contribution in [0.25, 0.3) is 0 Å². The number of hydrogen-bond acceptors (Lipinski definition) is 4. The van der Waals surface area contributed by atoms with Gasteiger partial charge in [-0.3, -0.25) is 0 Å². The highest BCUT2D eigenvalue weighted by atomic mass is 15.0. The highest BCUT2D eigenvalue weighted by Crippen LogP contribution is 2.12. The van der Waals surface area contributed by atoms with Crippen LogP contribution in [0.3, 0.4) is 0 Å². The smallest absolute Gasteiger partial charge is 0.145 e. The van der Waals surface area contributed by atoms with Gasteiger partial charge in [0, 0.05) is 12.6 Å². The van der Waals surface area contributed by atoms with Crippen LogP contribution >= 0.6 is 0 Å². The molecule has 0 bridgehead atoms. The van der Waals surface area contributed by atoms with E-state index in [1.165, 1.54) is 23.0 Å². The summed E-state index contributed by atoms with van der Waals surface area (Å²) in [7, 11) is 0. The van der Waals surface area contributed by atoms with Crippen molar-refractivity contribution in [3.05, 3.63) is 53.0 Å². The molecule has 0 aliphatic heterocycles. The van der Waals surface area contributed by atoms with E-state index in [2.05, 4.69) is 47.3 Å². The largest absolute Gasteiger partial charge is 0.366 e. The minimum Gasteiger partial charge on any atom is -0.366 e. The zero-order valence-corrected chi connectivity index (χ0v) is 10.4. The summed E-state index contributed by atoms with van der Waals surface area (Å²) in [6, 6.07) is 9.98. The molecule has 0 atom stereocenters. The Morgan fingerprint density at radius 2 is 2.06 bits per heavy atom. The molecule has 4 nitrogen and oxygen atoms in total. The molecule has 2 rings (SSSR count). The minimum absolute atomic E-state index is 0.369. The van der Waals surface area contributed by atoms with Crippen molar-refractivity contribution >= 4 is 5.82 Å². The first-order valence-electron chi connectivity index (χ1n) is 5.71. The topological polar surface area (TPSA) is 61.6 Å². The summed E-state index contributed by atoms with van der Waals surface area (Å²) in [4.78, 5) is 7.91. The standard InChI is InChI=1S/C14H14N4/c1-10-3-4-12(11(2)5-10)8-16-14-6-13(7-15)17-9-18-14/h3-6,9H,8H2,1-2H3,(H,16,17,18). The third kappa shape index (κ3) is 2.83. The summed E-state index contributed by atoms with van der Waals surface area (Å²) in [6.07, 6.45) is 1.39. The van der Waals surface area contributed by atoms with Gasteiger partial charge in [0.15, 0.2) is 0 Å². The van der Waals surface area contributed by atoms with Crippen molar-refractivity contribution in [2.24, 2.45) is 0 Å². The summed E-state index contributed by atoms with van der Waals surface area (Å²) < 4.78 is 0. The summed E-state index contributed by atoms with van der Waals surface area (Å²) in [5, 5.41) is 11.9. The normalized spacial score (nSPS) is 9.83. The molecule has 90 valence electrons. The number of nitrogens with one attached hydrogen (secondary N) is 1. The second-order valence-corrected chi connectivity index (χ2v) is 4.18. The number of hydrogen-bond donors (Lipinski definition) is 1. The summed E-state index contributed by atoms with van der Waals surface area (Å²) in [5.41, 5.74) is 4.09. The lowest BCUT2D eigenvalue weighted by Crippen LogP contribution is -2.03. The Kier molecular flexibility index (Phi) is 3.54. The van der Waals surface area contributed by atoms with Crippen molar-refractivity contribution in [2.75, 3.05) is 5.32 Å². The maximum Gasteiger partial charge on any atom is 0.145 e. The molecule has 1 aromatic heterocycles. The van der Waals surface area contributed by atoms with Crippen LogP contribution in [0.4, 0.5) is 5.82 Å². The molecular weight excluding hydrogens is 224 g/mol. The number of nitrogens with zero attached hydrogens (tertiary/aromatic N) is 3. The van der Waals surface area contributed by atoms with Crippen molar-refractivity contribution in [1.29, 1.82) is 5.26 Å². The third-order valence-electron chi connectivity index (χ3n) is 2.74.